The number of allylic oxidation sites excluding steroid dienone is 2. The van der Waals surface area contributed by atoms with Crippen LogP contribution in [0.3, 0.4) is 0 Å². The van der Waals surface area contributed by atoms with Crippen LogP contribution in [0, 0.1) is 6.92 Å². The summed E-state index contributed by atoms with van der Waals surface area (Å²) in [6, 6.07) is 0.119. The average molecular weight is 488 g/mol. The molecule has 2 aliphatic heterocycles. The molecule has 2 aromatic heterocycles. The number of hydrogen-bond acceptors (Lipinski definition) is 8. The van der Waals surface area contributed by atoms with Gasteiger partial charge in [-0.15, -0.1) is 11.3 Å². The number of aliphatic hydroxyl groups excluding tert-OH is 1. The van der Waals surface area contributed by atoms with E-state index in [4.69, 9.17) is 0 Å². The van der Waals surface area contributed by atoms with Gasteiger partial charge in [-0.3, -0.25) is 9.88 Å². The molecule has 176 valence electrons. The molecular weight excluding hydrogens is 458 g/mol. The van der Waals surface area contributed by atoms with Gasteiger partial charge in [0.2, 0.25) is 10.0 Å². The van der Waals surface area contributed by atoms with E-state index in [1.54, 1.807) is 28.0 Å². The van der Waals surface area contributed by atoms with Crippen LogP contribution in [-0.4, -0.2) is 69.9 Å². The monoisotopic (exact) mass is 487 g/mol. The Kier molecular flexibility index (Phi) is 5.67. The van der Waals surface area contributed by atoms with Crippen LogP contribution in [0.15, 0.2) is 48.4 Å². The first kappa shape index (κ1) is 22.6. The lowest BCUT2D eigenvalue weighted by Gasteiger charge is -2.50. The Hall–Kier alpha value is -2.14. The fraction of sp³-hybridized carbons (Fsp3) is 0.522. The summed E-state index contributed by atoms with van der Waals surface area (Å²) in [5.41, 5.74) is 1.64. The summed E-state index contributed by atoms with van der Waals surface area (Å²) in [7, 11) is -3.43. The highest BCUT2D eigenvalue weighted by molar-refractivity contribution is 7.93. The largest absolute Gasteiger partial charge is 0.388 e. The van der Waals surface area contributed by atoms with Gasteiger partial charge in [0.05, 0.1) is 40.2 Å². The summed E-state index contributed by atoms with van der Waals surface area (Å²) in [6.07, 6.45) is 13.7. The number of thiazole rings is 1. The third-order valence-electron chi connectivity index (χ3n) is 7.43. The van der Waals surface area contributed by atoms with Crippen LogP contribution in [0.25, 0.3) is 0 Å². The van der Waals surface area contributed by atoms with E-state index in [2.05, 4.69) is 32.9 Å². The van der Waals surface area contributed by atoms with Crippen LogP contribution < -0.4 is 4.31 Å². The van der Waals surface area contributed by atoms with E-state index in [0.717, 1.165) is 17.1 Å². The van der Waals surface area contributed by atoms with Crippen LogP contribution >= 0.6 is 11.3 Å². The Morgan fingerprint density at radius 1 is 1.24 bits per heavy atom. The Balaban J connectivity index is 1.43. The lowest BCUT2D eigenvalue weighted by atomic mass is 9.73. The summed E-state index contributed by atoms with van der Waals surface area (Å²) < 4.78 is 27.6. The number of anilines is 1. The number of rotatable bonds is 4. The number of hydrogen-bond donors (Lipinski definition) is 1. The highest BCUT2D eigenvalue weighted by atomic mass is 32.2. The molecule has 2 unspecified atom stereocenters. The van der Waals surface area contributed by atoms with E-state index in [-0.39, 0.29) is 11.8 Å². The van der Waals surface area contributed by atoms with Crippen molar-refractivity contribution in [3.8, 4) is 0 Å². The van der Waals surface area contributed by atoms with E-state index in [1.807, 2.05) is 30.7 Å². The van der Waals surface area contributed by atoms with Crippen LogP contribution in [0.5, 0.6) is 0 Å². The van der Waals surface area contributed by atoms with Crippen LogP contribution in [0.1, 0.15) is 36.8 Å². The zero-order valence-corrected chi connectivity index (χ0v) is 20.5. The molecule has 0 radical (unpaired) electrons. The molecule has 5 rings (SSSR count). The second-order valence-electron chi connectivity index (χ2n) is 9.38. The fourth-order valence-corrected chi connectivity index (χ4v) is 8.50. The van der Waals surface area contributed by atoms with Gasteiger partial charge < -0.3 is 5.11 Å². The van der Waals surface area contributed by atoms with Crippen molar-refractivity contribution in [1.82, 2.24) is 19.9 Å². The third-order valence-corrected chi connectivity index (χ3v) is 10.0. The number of aliphatic hydroxyl groups is 1. The minimum atomic E-state index is -3.43. The zero-order valence-electron chi connectivity index (χ0n) is 18.8. The molecule has 2 aromatic rings. The second-order valence-corrected chi connectivity index (χ2v) is 12.4. The Morgan fingerprint density at radius 2 is 2.09 bits per heavy atom. The van der Waals surface area contributed by atoms with Crippen molar-refractivity contribution in [2.45, 2.75) is 56.2 Å². The predicted molar refractivity (Wildman–Crippen MR) is 129 cm³/mol. The quantitative estimate of drug-likeness (QED) is 0.707. The van der Waals surface area contributed by atoms with Gasteiger partial charge in [-0.25, -0.2) is 22.7 Å². The predicted octanol–water partition coefficient (Wildman–Crippen LogP) is 2.43. The maximum Gasteiger partial charge on any atom is 0.236 e. The first-order valence-electron chi connectivity index (χ1n) is 11.3. The number of piperidine rings is 1. The van der Waals surface area contributed by atoms with Gasteiger partial charge in [-0.1, -0.05) is 24.3 Å². The van der Waals surface area contributed by atoms with Gasteiger partial charge in [0, 0.05) is 36.4 Å². The molecule has 0 aromatic carbocycles. The molecular formula is C23H29N5O3S2. The highest BCUT2D eigenvalue weighted by Gasteiger charge is 2.54. The van der Waals surface area contributed by atoms with Gasteiger partial charge in [0.15, 0.2) is 5.82 Å². The lowest BCUT2D eigenvalue weighted by Crippen LogP contribution is -2.59. The fourth-order valence-electron chi connectivity index (χ4n) is 5.78. The number of nitrogens with zero attached hydrogens (tertiary/aromatic N) is 5. The van der Waals surface area contributed by atoms with Crippen molar-refractivity contribution in [2.24, 2.45) is 0 Å². The topological polar surface area (TPSA) is 99.5 Å². The maximum absolute atomic E-state index is 13.0. The molecule has 33 heavy (non-hydrogen) atoms. The van der Waals surface area contributed by atoms with Crippen molar-refractivity contribution >= 4 is 27.2 Å². The minimum Gasteiger partial charge on any atom is -0.388 e. The second kappa shape index (κ2) is 8.26. The third kappa shape index (κ3) is 3.73. The van der Waals surface area contributed by atoms with E-state index in [0.29, 0.717) is 31.6 Å². The van der Waals surface area contributed by atoms with Gasteiger partial charge in [0.25, 0.3) is 0 Å². The van der Waals surface area contributed by atoms with E-state index in [9.17, 15) is 13.5 Å². The number of sulfonamides is 1. The van der Waals surface area contributed by atoms with Gasteiger partial charge >= 0.3 is 0 Å². The molecule has 3 aliphatic rings. The summed E-state index contributed by atoms with van der Waals surface area (Å²) >= 11 is 1.59. The minimum absolute atomic E-state index is 0.119. The summed E-state index contributed by atoms with van der Waals surface area (Å²) in [5.74, 6) is 0.533. The number of aryl methyl sites for hydroxylation is 1. The Labute approximate surface area is 198 Å². The first-order valence-corrected chi connectivity index (χ1v) is 13.7. The zero-order chi connectivity index (χ0) is 23.3. The SMILES string of the molecule is Cc1scnc1C1(CN2CC[C@]3(CCS(=O)(=O)N3c3cnccn3)C[C@@H]2C)C=CC=CC1O. The van der Waals surface area contributed by atoms with Crippen LogP contribution in [0.4, 0.5) is 5.82 Å². The van der Waals surface area contributed by atoms with E-state index < -0.39 is 27.1 Å². The normalized spacial score (nSPS) is 33.7. The Morgan fingerprint density at radius 3 is 2.76 bits per heavy atom. The summed E-state index contributed by atoms with van der Waals surface area (Å²) in [4.78, 5) is 16.5. The van der Waals surface area contributed by atoms with E-state index >= 15 is 0 Å². The molecule has 4 heterocycles. The number of aromatic nitrogens is 3. The van der Waals surface area contributed by atoms with Gasteiger partial charge in [-0.05, 0) is 33.1 Å². The Bertz CT molecular complexity index is 1180. The molecule has 1 aliphatic carbocycles. The van der Waals surface area contributed by atoms with Crippen LogP contribution in [-0.2, 0) is 15.4 Å². The number of likely N-dealkylation sites (tertiary alicyclic amines) is 1. The van der Waals surface area contributed by atoms with Crippen molar-refractivity contribution in [3.05, 3.63) is 59.0 Å². The average Bonchev–Trinajstić information content (AvgIpc) is 3.33. The first-order chi connectivity index (χ1) is 15.8. The molecule has 0 bridgehead atoms. The molecule has 8 nitrogen and oxygen atoms in total. The van der Waals surface area contributed by atoms with Gasteiger partial charge in [-0.2, -0.15) is 0 Å². The molecule has 1 spiro atoms. The van der Waals surface area contributed by atoms with Crippen molar-refractivity contribution in [3.63, 3.8) is 0 Å². The van der Waals surface area contributed by atoms with Crippen molar-refractivity contribution in [2.75, 3.05) is 23.1 Å². The van der Waals surface area contributed by atoms with E-state index in [1.165, 1.54) is 6.20 Å². The summed E-state index contributed by atoms with van der Waals surface area (Å²) in [5, 5.41) is 11.1. The smallest absolute Gasteiger partial charge is 0.236 e. The van der Waals surface area contributed by atoms with Crippen molar-refractivity contribution in [1.29, 1.82) is 0 Å². The molecule has 2 saturated heterocycles. The molecule has 4 atom stereocenters. The lowest BCUT2D eigenvalue weighted by molar-refractivity contribution is 0.0554. The molecule has 1 N–H and O–H groups in total. The standard InChI is InChI=1S/C23H29N5O3S2/c1-17-13-22(8-12-33(30,31)28(22)20-14-24-9-10-25-20)7-11-27(17)15-23(6-4-3-5-19(23)29)21-18(2)32-16-26-21/h3-6,9-10,14,16-17,19,29H,7-8,11-13,15H2,1-2H3/t17-,19?,22-,23?/m0/s1. The molecule has 10 heteroatoms. The molecule has 0 amide bonds. The van der Waals surface area contributed by atoms with Gasteiger partial charge in [0.1, 0.15) is 0 Å². The van der Waals surface area contributed by atoms with Crippen molar-refractivity contribution < 1.29 is 13.5 Å². The molecule has 2 fully saturated rings. The summed E-state index contributed by atoms with van der Waals surface area (Å²) in [6.45, 7) is 5.54. The highest BCUT2D eigenvalue weighted by Crippen LogP contribution is 2.45. The maximum atomic E-state index is 13.0. The van der Waals surface area contributed by atoms with Crippen LogP contribution in [0.2, 0.25) is 0 Å². The molecule has 0 saturated carbocycles.